The third kappa shape index (κ3) is 5.14. The number of furan rings is 1. The van der Waals surface area contributed by atoms with Crippen LogP contribution >= 0.6 is 0 Å². The molecular formula is C26H21F4N3O4S. The van der Waals surface area contributed by atoms with E-state index in [1.165, 1.54) is 36.5 Å². The second-order valence-electron chi connectivity index (χ2n) is 8.86. The number of benzene rings is 2. The Balaban J connectivity index is 1.28. The summed E-state index contributed by atoms with van der Waals surface area (Å²) in [5, 5.41) is 2.66. The molecule has 1 amide bonds. The molecule has 1 aliphatic heterocycles. The lowest BCUT2D eigenvalue weighted by atomic mass is 10.1. The third-order valence-corrected chi connectivity index (χ3v) is 8.09. The molecule has 0 spiro atoms. The van der Waals surface area contributed by atoms with Crippen LogP contribution in [-0.4, -0.2) is 36.2 Å². The van der Waals surface area contributed by atoms with Crippen molar-refractivity contribution in [3.05, 3.63) is 83.8 Å². The van der Waals surface area contributed by atoms with Crippen molar-refractivity contribution in [2.24, 2.45) is 0 Å². The van der Waals surface area contributed by atoms with Crippen LogP contribution in [0.25, 0.3) is 22.2 Å². The first-order valence-electron chi connectivity index (χ1n) is 11.6. The lowest BCUT2D eigenvalue weighted by Gasteiger charge is -2.22. The Morgan fingerprint density at radius 3 is 2.58 bits per heavy atom. The fraction of sp³-hybridized carbons (Fsp3) is 0.231. The standard InChI is InChI=1S/C26H21F4N3O4S/c27-20-7-8-23-18(13-20)14-24(37-23)38(35,36)33-11-1-2-22(33)25(34)32-15-16-9-10-31-21(12-16)17-3-5-19(6-4-17)26(28,29)30/h3-10,12-14,22H,1-2,11,15H2,(H,32,34)/t22-/m0/s1. The average Bonchev–Trinajstić information content (AvgIpc) is 3.55. The molecule has 0 bridgehead atoms. The van der Waals surface area contributed by atoms with E-state index >= 15 is 0 Å². The number of rotatable bonds is 6. The maximum Gasteiger partial charge on any atom is 0.416 e. The highest BCUT2D eigenvalue weighted by molar-refractivity contribution is 7.89. The predicted octanol–water partition coefficient (Wildman–Crippen LogP) is 5.12. The Morgan fingerprint density at radius 2 is 1.84 bits per heavy atom. The summed E-state index contributed by atoms with van der Waals surface area (Å²) in [6, 6.07) is 11.8. The van der Waals surface area contributed by atoms with Crippen LogP contribution < -0.4 is 5.32 Å². The molecule has 5 rings (SSSR count). The molecule has 1 fully saturated rings. The zero-order valence-electron chi connectivity index (χ0n) is 19.7. The van der Waals surface area contributed by atoms with Crippen molar-refractivity contribution in [3.63, 3.8) is 0 Å². The quantitative estimate of drug-likeness (QED) is 0.338. The number of carbonyl (C=O) groups excluding carboxylic acids is 1. The van der Waals surface area contributed by atoms with Gasteiger partial charge >= 0.3 is 6.18 Å². The minimum absolute atomic E-state index is 0.0588. The number of alkyl halides is 3. The fourth-order valence-electron chi connectivity index (χ4n) is 4.40. The second kappa shape index (κ2) is 9.84. The van der Waals surface area contributed by atoms with Gasteiger partial charge in [-0.2, -0.15) is 17.5 Å². The molecule has 198 valence electrons. The van der Waals surface area contributed by atoms with Crippen molar-refractivity contribution < 1.29 is 35.2 Å². The lowest BCUT2D eigenvalue weighted by Crippen LogP contribution is -2.45. The van der Waals surface area contributed by atoms with Crippen LogP contribution in [0.4, 0.5) is 17.6 Å². The van der Waals surface area contributed by atoms with E-state index in [0.717, 1.165) is 22.5 Å². The molecule has 1 saturated heterocycles. The zero-order valence-corrected chi connectivity index (χ0v) is 20.5. The molecule has 7 nitrogen and oxygen atoms in total. The van der Waals surface area contributed by atoms with Gasteiger partial charge in [0.2, 0.25) is 11.0 Å². The molecule has 12 heteroatoms. The van der Waals surface area contributed by atoms with Crippen LogP contribution in [0.15, 0.2) is 76.4 Å². The number of aromatic nitrogens is 1. The Kier molecular flexibility index (Phi) is 6.70. The molecule has 1 N–H and O–H groups in total. The van der Waals surface area contributed by atoms with E-state index < -0.39 is 39.5 Å². The van der Waals surface area contributed by atoms with Crippen LogP contribution in [0.3, 0.4) is 0 Å². The number of nitrogens with one attached hydrogen (secondary N) is 1. The van der Waals surface area contributed by atoms with Crippen molar-refractivity contribution in [1.82, 2.24) is 14.6 Å². The summed E-state index contributed by atoms with van der Waals surface area (Å²) in [4.78, 5) is 17.2. The largest absolute Gasteiger partial charge is 0.443 e. The number of amides is 1. The zero-order chi connectivity index (χ0) is 27.1. The van der Waals surface area contributed by atoms with Gasteiger partial charge in [-0.15, -0.1) is 0 Å². The molecule has 0 saturated carbocycles. The SMILES string of the molecule is O=C(NCc1ccnc(-c2ccc(C(F)(F)F)cc2)c1)[C@@H]1CCCN1S(=O)(=O)c1cc2cc(F)ccc2o1. The Labute approximate surface area is 215 Å². The van der Waals surface area contributed by atoms with Crippen LogP contribution in [0.1, 0.15) is 24.0 Å². The number of hydrogen-bond acceptors (Lipinski definition) is 5. The number of halogens is 4. The summed E-state index contributed by atoms with van der Waals surface area (Å²) in [5.74, 6) is -1.03. The van der Waals surface area contributed by atoms with E-state index in [1.807, 2.05) is 0 Å². The van der Waals surface area contributed by atoms with Crippen LogP contribution in [0.5, 0.6) is 0 Å². The minimum atomic E-state index is -4.44. The first kappa shape index (κ1) is 25.9. The minimum Gasteiger partial charge on any atom is -0.443 e. The number of carbonyl (C=O) groups is 1. The van der Waals surface area contributed by atoms with E-state index in [0.29, 0.717) is 35.0 Å². The molecular weight excluding hydrogens is 526 g/mol. The van der Waals surface area contributed by atoms with E-state index in [2.05, 4.69) is 10.3 Å². The third-order valence-electron chi connectivity index (χ3n) is 6.32. The van der Waals surface area contributed by atoms with E-state index in [-0.39, 0.29) is 23.8 Å². The van der Waals surface area contributed by atoms with Crippen LogP contribution in [0, 0.1) is 5.82 Å². The van der Waals surface area contributed by atoms with E-state index in [1.54, 1.807) is 12.1 Å². The predicted molar refractivity (Wildman–Crippen MR) is 130 cm³/mol. The Hall–Kier alpha value is -3.77. The summed E-state index contributed by atoms with van der Waals surface area (Å²) >= 11 is 0. The highest BCUT2D eigenvalue weighted by atomic mass is 32.2. The van der Waals surface area contributed by atoms with Crippen LogP contribution in [0.2, 0.25) is 0 Å². The number of nitrogens with zero attached hydrogens (tertiary/aromatic N) is 2. The molecule has 1 aliphatic rings. The maximum atomic E-state index is 13.5. The second-order valence-corrected chi connectivity index (χ2v) is 10.7. The smallest absolute Gasteiger partial charge is 0.416 e. The molecule has 1 atom stereocenters. The normalized spacial score (nSPS) is 16.7. The van der Waals surface area contributed by atoms with Gasteiger partial charge in [0.15, 0.2) is 0 Å². The van der Waals surface area contributed by atoms with Crippen molar-refractivity contribution in [3.8, 4) is 11.3 Å². The van der Waals surface area contributed by atoms with Gasteiger partial charge in [0, 0.05) is 36.3 Å². The number of sulfonamides is 1. The highest BCUT2D eigenvalue weighted by Gasteiger charge is 2.41. The fourth-order valence-corrected chi connectivity index (χ4v) is 6.01. The maximum absolute atomic E-state index is 13.5. The summed E-state index contributed by atoms with van der Waals surface area (Å²) in [7, 11) is -4.15. The topological polar surface area (TPSA) is 92.5 Å². The van der Waals surface area contributed by atoms with Gasteiger partial charge in [-0.1, -0.05) is 12.1 Å². The van der Waals surface area contributed by atoms with Gasteiger partial charge in [-0.05, 0) is 60.9 Å². The summed E-state index contributed by atoms with van der Waals surface area (Å²) in [5.41, 5.74) is 0.985. The number of pyridine rings is 1. The molecule has 3 heterocycles. The van der Waals surface area contributed by atoms with Gasteiger partial charge in [-0.25, -0.2) is 12.8 Å². The van der Waals surface area contributed by atoms with Gasteiger partial charge in [0.25, 0.3) is 10.0 Å². The van der Waals surface area contributed by atoms with Gasteiger partial charge in [0.1, 0.15) is 17.4 Å². The molecule has 2 aromatic carbocycles. The van der Waals surface area contributed by atoms with Crippen molar-refractivity contribution in [2.75, 3.05) is 6.54 Å². The van der Waals surface area contributed by atoms with E-state index in [4.69, 9.17) is 4.42 Å². The number of fused-ring (bicyclic) bond motifs is 1. The van der Waals surface area contributed by atoms with Crippen molar-refractivity contribution in [2.45, 2.75) is 36.7 Å². The summed E-state index contributed by atoms with van der Waals surface area (Å²) in [6.45, 7) is 0.183. The average molecular weight is 548 g/mol. The molecule has 2 aromatic heterocycles. The van der Waals surface area contributed by atoms with Crippen molar-refractivity contribution >= 4 is 26.9 Å². The van der Waals surface area contributed by atoms with E-state index in [9.17, 15) is 30.8 Å². The van der Waals surface area contributed by atoms with Gasteiger partial charge < -0.3 is 9.73 Å². The first-order chi connectivity index (χ1) is 18.0. The first-order valence-corrected chi connectivity index (χ1v) is 13.1. The summed E-state index contributed by atoms with van der Waals surface area (Å²) < 4.78 is 85.0. The van der Waals surface area contributed by atoms with Crippen molar-refractivity contribution in [1.29, 1.82) is 0 Å². The van der Waals surface area contributed by atoms with Gasteiger partial charge in [-0.3, -0.25) is 9.78 Å². The lowest BCUT2D eigenvalue weighted by molar-refractivity contribution is -0.137. The highest BCUT2D eigenvalue weighted by Crippen LogP contribution is 2.32. The monoisotopic (exact) mass is 547 g/mol. The van der Waals surface area contributed by atoms with Gasteiger partial charge in [0.05, 0.1) is 11.3 Å². The Bertz CT molecular complexity index is 1600. The van der Waals surface area contributed by atoms with Crippen LogP contribution in [-0.2, 0) is 27.5 Å². The molecule has 38 heavy (non-hydrogen) atoms. The summed E-state index contributed by atoms with van der Waals surface area (Å²) in [6.07, 6.45) is -2.18. The molecule has 0 aliphatic carbocycles. The molecule has 0 unspecified atom stereocenters. The Morgan fingerprint density at radius 1 is 1.08 bits per heavy atom. The molecule has 4 aromatic rings. The number of hydrogen-bond donors (Lipinski definition) is 1. The molecule has 0 radical (unpaired) electrons.